The first kappa shape index (κ1) is 23.8. The van der Waals surface area contributed by atoms with Gasteiger partial charge in [-0.25, -0.2) is 13.4 Å². The first-order chi connectivity index (χ1) is 15.3. The van der Waals surface area contributed by atoms with Gasteiger partial charge in [-0.2, -0.15) is 4.31 Å². The van der Waals surface area contributed by atoms with Crippen molar-refractivity contribution in [3.05, 3.63) is 27.5 Å². The quantitative estimate of drug-likeness (QED) is 0.555. The summed E-state index contributed by atoms with van der Waals surface area (Å²) in [6.45, 7) is 0.0894. The fourth-order valence-corrected chi connectivity index (χ4v) is 8.43. The minimum Gasteiger partial charge on any atom is -0.328 e. The molecular weight excluding hydrogens is 536 g/mol. The Morgan fingerprint density at radius 1 is 1.25 bits per heavy atom. The van der Waals surface area contributed by atoms with Crippen LogP contribution in [0.3, 0.4) is 0 Å². The van der Waals surface area contributed by atoms with Crippen LogP contribution in [0.1, 0.15) is 38.5 Å². The Morgan fingerprint density at radius 2 is 2.03 bits per heavy atom. The molecule has 2 amide bonds. The highest BCUT2D eigenvalue weighted by molar-refractivity contribution is 9.11. The van der Waals surface area contributed by atoms with Gasteiger partial charge in [0.1, 0.15) is 10.3 Å². The summed E-state index contributed by atoms with van der Waals surface area (Å²) in [5.41, 5.74) is 0. The second-order valence-electron chi connectivity index (χ2n) is 8.07. The smallest absolute Gasteiger partial charge is 0.253 e. The zero-order chi connectivity index (χ0) is 22.7. The Balaban J connectivity index is 1.49. The molecule has 2 fully saturated rings. The lowest BCUT2D eigenvalue weighted by Crippen LogP contribution is -2.58. The number of carbonyl (C=O) groups excluding carboxylic acids is 2. The third kappa shape index (κ3) is 5.41. The van der Waals surface area contributed by atoms with Crippen molar-refractivity contribution < 1.29 is 18.0 Å². The summed E-state index contributed by atoms with van der Waals surface area (Å²) in [4.78, 5) is 31.9. The zero-order valence-electron chi connectivity index (χ0n) is 17.4. The Morgan fingerprint density at radius 3 is 2.66 bits per heavy atom. The lowest BCUT2D eigenvalue weighted by atomic mass is 9.84. The molecule has 2 aromatic heterocycles. The maximum absolute atomic E-state index is 13.2. The second kappa shape index (κ2) is 10.3. The van der Waals surface area contributed by atoms with Crippen LogP contribution in [0.2, 0.25) is 0 Å². The van der Waals surface area contributed by atoms with Crippen molar-refractivity contribution in [2.24, 2.45) is 5.92 Å². The van der Waals surface area contributed by atoms with Gasteiger partial charge in [0.2, 0.25) is 11.8 Å². The molecule has 174 valence electrons. The van der Waals surface area contributed by atoms with E-state index in [1.54, 1.807) is 22.5 Å². The number of thiophene rings is 1. The number of hydrogen-bond donors (Lipinski definition) is 1. The van der Waals surface area contributed by atoms with Gasteiger partial charge < -0.3 is 10.2 Å². The minimum atomic E-state index is -3.75. The second-order valence-corrected chi connectivity index (χ2v) is 13.6. The predicted molar refractivity (Wildman–Crippen MR) is 128 cm³/mol. The lowest BCUT2D eigenvalue weighted by molar-refractivity contribution is -0.142. The molecule has 0 bridgehead atoms. The molecule has 0 radical (unpaired) electrons. The molecule has 0 aromatic carbocycles. The number of hydrogen-bond acceptors (Lipinski definition) is 7. The van der Waals surface area contributed by atoms with Gasteiger partial charge in [-0.05, 0) is 40.4 Å². The van der Waals surface area contributed by atoms with Gasteiger partial charge in [0.05, 0.1) is 10.3 Å². The van der Waals surface area contributed by atoms with E-state index in [-0.39, 0.29) is 35.7 Å². The van der Waals surface area contributed by atoms with Gasteiger partial charge in [-0.15, -0.1) is 22.7 Å². The number of piperazine rings is 1. The van der Waals surface area contributed by atoms with Crippen molar-refractivity contribution in [2.75, 3.05) is 25.0 Å². The molecule has 1 saturated carbocycles. The molecule has 2 aromatic rings. The summed E-state index contributed by atoms with van der Waals surface area (Å²) in [6.07, 6.45) is 7.81. The number of halogens is 1. The van der Waals surface area contributed by atoms with Crippen LogP contribution in [-0.2, 0) is 19.6 Å². The molecule has 2 aliphatic rings. The van der Waals surface area contributed by atoms with E-state index in [0.29, 0.717) is 21.3 Å². The van der Waals surface area contributed by atoms with Crippen molar-refractivity contribution in [1.82, 2.24) is 14.2 Å². The largest absolute Gasteiger partial charge is 0.328 e. The number of aromatic nitrogens is 1. The Kier molecular flexibility index (Phi) is 7.65. The number of rotatable bonds is 7. The number of amides is 2. The van der Waals surface area contributed by atoms with E-state index < -0.39 is 16.1 Å². The molecule has 0 unspecified atom stereocenters. The standard InChI is InChI=1S/C20H25BrN4O4S3/c21-16-6-7-18(31-16)32(28,29)24-9-10-25(17(26)13-24)15(12-14-4-2-1-3-5-14)19(27)23-20-22-8-11-30-20/h6-8,11,14-15H,1-5,9-10,12-13H2,(H,22,23,27)/t15-/m0/s1. The van der Waals surface area contributed by atoms with Crippen LogP contribution in [0.4, 0.5) is 5.13 Å². The predicted octanol–water partition coefficient (Wildman–Crippen LogP) is 3.78. The average Bonchev–Trinajstić information content (AvgIpc) is 3.45. The normalized spacial score (nSPS) is 19.8. The number of thiazole rings is 1. The van der Waals surface area contributed by atoms with Gasteiger partial charge in [0.15, 0.2) is 5.13 Å². The molecular formula is C20H25BrN4O4S3. The molecule has 8 nitrogen and oxygen atoms in total. The first-order valence-corrected chi connectivity index (χ1v) is 14.5. The van der Waals surface area contributed by atoms with E-state index in [1.807, 2.05) is 0 Å². The Labute approximate surface area is 204 Å². The number of nitrogens with zero attached hydrogens (tertiary/aromatic N) is 3. The zero-order valence-corrected chi connectivity index (χ0v) is 21.4. The van der Waals surface area contributed by atoms with Gasteiger partial charge >= 0.3 is 0 Å². The van der Waals surface area contributed by atoms with Crippen LogP contribution < -0.4 is 5.32 Å². The monoisotopic (exact) mass is 560 g/mol. The third-order valence-electron chi connectivity index (χ3n) is 5.99. The van der Waals surface area contributed by atoms with E-state index >= 15 is 0 Å². The van der Waals surface area contributed by atoms with Crippen LogP contribution in [0.15, 0.2) is 31.7 Å². The van der Waals surface area contributed by atoms with Crippen molar-refractivity contribution in [3.8, 4) is 0 Å². The summed E-state index contributed by atoms with van der Waals surface area (Å²) in [7, 11) is -3.75. The summed E-state index contributed by atoms with van der Waals surface area (Å²) in [5, 5.41) is 5.12. The highest BCUT2D eigenvalue weighted by Crippen LogP contribution is 2.32. The average molecular weight is 562 g/mol. The van der Waals surface area contributed by atoms with Gasteiger partial charge in [0, 0.05) is 24.7 Å². The Hall–Kier alpha value is -1.34. The summed E-state index contributed by atoms with van der Waals surface area (Å²) in [5.74, 6) is -0.211. The van der Waals surface area contributed by atoms with Crippen LogP contribution in [0.5, 0.6) is 0 Å². The number of carbonyl (C=O) groups is 2. The van der Waals surface area contributed by atoms with Gasteiger partial charge in [-0.1, -0.05) is 32.1 Å². The van der Waals surface area contributed by atoms with Crippen LogP contribution >= 0.6 is 38.6 Å². The molecule has 4 rings (SSSR count). The minimum absolute atomic E-state index is 0.162. The summed E-state index contributed by atoms with van der Waals surface area (Å²) in [6, 6.07) is 2.59. The molecule has 1 N–H and O–H groups in total. The fraction of sp³-hybridized carbons (Fsp3) is 0.550. The number of nitrogens with one attached hydrogen (secondary N) is 1. The lowest BCUT2D eigenvalue weighted by Gasteiger charge is -2.39. The molecule has 1 aliphatic carbocycles. The molecule has 1 aliphatic heterocycles. The molecule has 32 heavy (non-hydrogen) atoms. The van der Waals surface area contributed by atoms with E-state index in [9.17, 15) is 18.0 Å². The molecule has 3 heterocycles. The molecule has 12 heteroatoms. The van der Waals surface area contributed by atoms with E-state index in [2.05, 4.69) is 26.2 Å². The highest BCUT2D eigenvalue weighted by Gasteiger charge is 2.39. The summed E-state index contributed by atoms with van der Waals surface area (Å²) < 4.78 is 28.0. The SMILES string of the molecule is O=C(Nc1nccs1)[C@H](CC1CCCCC1)N1CCN(S(=O)(=O)c2ccc(Br)s2)CC1=O. The van der Waals surface area contributed by atoms with Crippen molar-refractivity contribution in [3.63, 3.8) is 0 Å². The maximum Gasteiger partial charge on any atom is 0.253 e. The molecule has 1 saturated heterocycles. The van der Waals surface area contributed by atoms with Crippen molar-refractivity contribution in [2.45, 2.75) is 48.8 Å². The highest BCUT2D eigenvalue weighted by atomic mass is 79.9. The van der Waals surface area contributed by atoms with Gasteiger partial charge in [0.25, 0.3) is 10.0 Å². The van der Waals surface area contributed by atoms with Gasteiger partial charge in [-0.3, -0.25) is 9.59 Å². The molecule has 0 spiro atoms. The number of sulfonamides is 1. The van der Waals surface area contributed by atoms with E-state index in [1.165, 1.54) is 28.1 Å². The van der Waals surface area contributed by atoms with E-state index in [0.717, 1.165) is 37.0 Å². The van der Waals surface area contributed by atoms with Crippen LogP contribution in [-0.4, -0.2) is 60.1 Å². The molecule has 1 atom stereocenters. The number of anilines is 1. The van der Waals surface area contributed by atoms with Crippen LogP contribution in [0, 0.1) is 5.92 Å². The Bertz CT molecular complexity index is 1050. The van der Waals surface area contributed by atoms with Crippen LogP contribution in [0.25, 0.3) is 0 Å². The van der Waals surface area contributed by atoms with E-state index in [4.69, 9.17) is 0 Å². The summed E-state index contributed by atoms with van der Waals surface area (Å²) >= 11 is 5.74. The van der Waals surface area contributed by atoms with Crippen molar-refractivity contribution >= 4 is 65.6 Å². The first-order valence-electron chi connectivity index (χ1n) is 10.6. The van der Waals surface area contributed by atoms with Crippen molar-refractivity contribution in [1.29, 1.82) is 0 Å². The maximum atomic E-state index is 13.2. The third-order valence-corrected chi connectivity index (χ3v) is 10.6. The topological polar surface area (TPSA) is 99.7 Å². The fourth-order valence-electron chi connectivity index (χ4n) is 4.35.